The first-order valence-corrected chi connectivity index (χ1v) is 22.5. The standard InChI is InChI=1S/C50H60N4O9/c55-48(56)40(36-9-13-51-27-36)21-31-4-1-6-33(18-31)23-43-44(25-34-7-2-5-32(19-34)22-41(49(57)58)37-10-14-52-28-37)54-12-3-8-45(43)63-30-39-20-35(26-46-47(39)62-17-16-61-46)24-42(50(59)60)38-11-15-53-29-38/h1-8,12,18-20,26,36-38,40-42,51-54H,9-11,13-17,21-25,27-30H2,(H,55,56)(H,57,58)(H,59,60)/t36-,37-,38-,40-,41-,42-/m0/s1. The van der Waals surface area contributed by atoms with E-state index in [0.29, 0.717) is 82.2 Å². The zero-order chi connectivity index (χ0) is 43.7. The fraction of sp³-hybridized carbons (Fsp3) is 0.460. The summed E-state index contributed by atoms with van der Waals surface area (Å²) in [7, 11) is 0. The molecular weight excluding hydrogens is 801 g/mol. The van der Waals surface area contributed by atoms with Gasteiger partial charge in [-0.1, -0.05) is 48.5 Å². The van der Waals surface area contributed by atoms with E-state index in [1.165, 1.54) is 0 Å². The van der Waals surface area contributed by atoms with E-state index in [0.717, 1.165) is 83.5 Å². The minimum Gasteiger partial charge on any atom is -0.488 e. The lowest BCUT2D eigenvalue weighted by Crippen LogP contribution is -2.27. The van der Waals surface area contributed by atoms with Crippen LogP contribution in [0.1, 0.15) is 52.6 Å². The summed E-state index contributed by atoms with van der Waals surface area (Å²) in [4.78, 5) is 37.4. The Bertz CT molecular complexity index is 2220. The average molecular weight is 861 g/mol. The molecule has 3 aromatic carbocycles. The number of aliphatic carboxylic acids is 3. The van der Waals surface area contributed by atoms with Gasteiger partial charge in [-0.05, 0) is 148 Å². The number of nitrogens with one attached hydrogen (secondary N) is 4. The number of carbonyl (C=O) groups is 3. The van der Waals surface area contributed by atoms with Crippen LogP contribution >= 0.6 is 0 Å². The van der Waals surface area contributed by atoms with E-state index in [4.69, 9.17) is 14.2 Å². The highest BCUT2D eigenvalue weighted by Crippen LogP contribution is 2.38. The molecule has 3 saturated heterocycles. The van der Waals surface area contributed by atoms with Crippen LogP contribution in [0.15, 0.2) is 96.0 Å². The van der Waals surface area contributed by atoms with Gasteiger partial charge in [0.05, 0.1) is 17.8 Å². The Hall–Kier alpha value is -5.63. The molecule has 334 valence electrons. The van der Waals surface area contributed by atoms with Gasteiger partial charge in [-0.3, -0.25) is 14.4 Å². The Labute approximate surface area is 369 Å². The van der Waals surface area contributed by atoms with E-state index in [2.05, 4.69) is 45.5 Å². The van der Waals surface area contributed by atoms with Crippen LogP contribution in [-0.2, 0) is 57.8 Å². The third-order valence-electron chi connectivity index (χ3n) is 13.5. The van der Waals surface area contributed by atoms with Gasteiger partial charge in [0.1, 0.15) is 25.6 Å². The second kappa shape index (κ2) is 20.7. The molecule has 13 nitrogen and oxygen atoms in total. The molecule has 6 atom stereocenters. The first kappa shape index (κ1) is 44.0. The smallest absolute Gasteiger partial charge is 0.307 e. The normalized spacial score (nSPS) is 22.2. The molecule has 0 aromatic heterocycles. The van der Waals surface area contributed by atoms with E-state index in [-0.39, 0.29) is 24.4 Å². The van der Waals surface area contributed by atoms with Gasteiger partial charge in [0, 0.05) is 35.9 Å². The molecule has 63 heavy (non-hydrogen) atoms. The largest absolute Gasteiger partial charge is 0.488 e. The monoisotopic (exact) mass is 860 g/mol. The van der Waals surface area contributed by atoms with Gasteiger partial charge >= 0.3 is 17.9 Å². The van der Waals surface area contributed by atoms with Crippen LogP contribution in [0.25, 0.3) is 0 Å². The third kappa shape index (κ3) is 11.1. The van der Waals surface area contributed by atoms with Crippen LogP contribution < -0.4 is 30.7 Å². The summed E-state index contributed by atoms with van der Waals surface area (Å²) in [6, 6.07) is 20.2. The van der Waals surface area contributed by atoms with Crippen molar-refractivity contribution in [3.63, 3.8) is 0 Å². The van der Waals surface area contributed by atoms with Crippen molar-refractivity contribution in [2.75, 3.05) is 52.5 Å². The van der Waals surface area contributed by atoms with Gasteiger partial charge in [0.2, 0.25) is 0 Å². The first-order chi connectivity index (χ1) is 30.7. The summed E-state index contributed by atoms with van der Waals surface area (Å²) in [5, 5.41) is 44.1. The summed E-state index contributed by atoms with van der Waals surface area (Å²) < 4.78 is 19.0. The molecule has 5 heterocycles. The number of fused-ring (bicyclic) bond motifs is 1. The second-order valence-electron chi connectivity index (χ2n) is 17.8. The van der Waals surface area contributed by atoms with Gasteiger partial charge in [0.25, 0.3) is 0 Å². The maximum Gasteiger partial charge on any atom is 0.307 e. The van der Waals surface area contributed by atoms with Crippen molar-refractivity contribution >= 4 is 17.9 Å². The molecule has 0 saturated carbocycles. The van der Waals surface area contributed by atoms with Crippen molar-refractivity contribution in [3.8, 4) is 11.5 Å². The van der Waals surface area contributed by atoms with E-state index in [1.807, 2.05) is 54.8 Å². The number of hydrogen-bond donors (Lipinski definition) is 7. The molecule has 8 rings (SSSR count). The SMILES string of the molecule is O=C(O)[C@@H](Cc1cccc(CC2=C(Cc3cccc(C[C@H](C(=O)O)[C@H]4CCNC4)c3)C(OCc3cc(C[C@H](C(=O)O)[C@H]4CCNC4)cc4c3OCCO4)=CC=CN2)c1)[C@H]1CCNC1. The van der Waals surface area contributed by atoms with E-state index in [9.17, 15) is 29.7 Å². The Morgan fingerprint density at radius 1 is 0.651 bits per heavy atom. The fourth-order valence-electron chi connectivity index (χ4n) is 10.1. The highest BCUT2D eigenvalue weighted by atomic mass is 16.6. The zero-order valence-electron chi connectivity index (χ0n) is 35.8. The number of hydrogen-bond acceptors (Lipinski definition) is 10. The lowest BCUT2D eigenvalue weighted by atomic mass is 9.85. The van der Waals surface area contributed by atoms with E-state index < -0.39 is 35.7 Å². The number of benzene rings is 3. The average Bonchev–Trinajstić information content (AvgIpc) is 4.10. The number of carboxylic acid groups (broad SMARTS) is 3. The molecule has 7 N–H and O–H groups in total. The number of rotatable bonds is 19. The zero-order valence-corrected chi connectivity index (χ0v) is 35.8. The maximum atomic E-state index is 12.5. The summed E-state index contributed by atoms with van der Waals surface area (Å²) >= 11 is 0. The number of carboxylic acids is 3. The molecule has 5 aliphatic heterocycles. The van der Waals surface area contributed by atoms with Gasteiger partial charge in [-0.25, -0.2) is 0 Å². The van der Waals surface area contributed by atoms with Crippen LogP contribution in [0.3, 0.4) is 0 Å². The van der Waals surface area contributed by atoms with Gasteiger partial charge in [-0.2, -0.15) is 0 Å². The molecular formula is C50H60N4O9. The molecule has 0 aliphatic carbocycles. The summed E-state index contributed by atoms with van der Waals surface area (Å²) in [5.74, 6) is -1.84. The van der Waals surface area contributed by atoms with Crippen LogP contribution in [0.5, 0.6) is 11.5 Å². The quantitative estimate of drug-likeness (QED) is 0.0827. The lowest BCUT2D eigenvalue weighted by Gasteiger charge is -2.25. The predicted molar refractivity (Wildman–Crippen MR) is 237 cm³/mol. The number of ether oxygens (including phenoxy) is 3. The maximum absolute atomic E-state index is 12.5. The molecule has 0 radical (unpaired) electrons. The van der Waals surface area contributed by atoms with Crippen LogP contribution in [-0.4, -0.2) is 85.7 Å². The molecule has 3 fully saturated rings. The van der Waals surface area contributed by atoms with Crippen molar-refractivity contribution in [2.24, 2.45) is 35.5 Å². The summed E-state index contributed by atoms with van der Waals surface area (Å²) in [5.41, 5.74) is 7.42. The van der Waals surface area contributed by atoms with Crippen LogP contribution in [0.4, 0.5) is 0 Å². The lowest BCUT2D eigenvalue weighted by molar-refractivity contribution is -0.144. The van der Waals surface area contributed by atoms with Crippen LogP contribution in [0, 0.1) is 35.5 Å². The molecule has 0 unspecified atom stereocenters. The molecule has 0 bridgehead atoms. The van der Waals surface area contributed by atoms with Crippen LogP contribution in [0.2, 0.25) is 0 Å². The van der Waals surface area contributed by atoms with Gasteiger partial charge in [0.15, 0.2) is 11.5 Å². The summed E-state index contributed by atoms with van der Waals surface area (Å²) in [6.45, 7) is 5.48. The van der Waals surface area contributed by atoms with E-state index in [1.54, 1.807) is 0 Å². The van der Waals surface area contributed by atoms with Gasteiger partial charge in [-0.15, -0.1) is 0 Å². The Balaban J connectivity index is 1.10. The summed E-state index contributed by atoms with van der Waals surface area (Å²) in [6.07, 6.45) is 10.5. The fourth-order valence-corrected chi connectivity index (χ4v) is 10.1. The number of allylic oxidation sites excluding steroid dienone is 4. The van der Waals surface area contributed by atoms with Crippen molar-refractivity contribution in [1.29, 1.82) is 0 Å². The van der Waals surface area contributed by atoms with Gasteiger partial charge < -0.3 is 50.8 Å². The Kier molecular flexibility index (Phi) is 14.5. The van der Waals surface area contributed by atoms with Crippen molar-refractivity contribution in [1.82, 2.24) is 21.3 Å². The van der Waals surface area contributed by atoms with Crippen molar-refractivity contribution in [3.05, 3.63) is 129 Å². The molecule has 0 spiro atoms. The second-order valence-corrected chi connectivity index (χ2v) is 17.8. The Morgan fingerprint density at radius 2 is 1.17 bits per heavy atom. The third-order valence-corrected chi connectivity index (χ3v) is 13.5. The first-order valence-electron chi connectivity index (χ1n) is 22.5. The predicted octanol–water partition coefficient (Wildman–Crippen LogP) is 5.27. The van der Waals surface area contributed by atoms with Crippen molar-refractivity contribution < 1.29 is 43.9 Å². The highest BCUT2D eigenvalue weighted by Gasteiger charge is 2.34. The Morgan fingerprint density at radius 3 is 1.71 bits per heavy atom. The molecule has 0 amide bonds. The minimum atomic E-state index is -0.807. The molecule has 5 aliphatic rings. The highest BCUT2D eigenvalue weighted by molar-refractivity contribution is 5.72. The molecule has 3 aromatic rings. The molecule has 13 heteroatoms. The topological polar surface area (TPSA) is 188 Å². The van der Waals surface area contributed by atoms with Crippen molar-refractivity contribution in [2.45, 2.75) is 58.0 Å². The minimum absolute atomic E-state index is 0.0362. The van der Waals surface area contributed by atoms with E-state index >= 15 is 0 Å².